The summed E-state index contributed by atoms with van der Waals surface area (Å²) in [6, 6.07) is 9.42. The molecule has 0 radical (unpaired) electrons. The molecule has 0 atom stereocenters. The second-order valence-electron chi connectivity index (χ2n) is 6.51. The van der Waals surface area contributed by atoms with Crippen LogP contribution in [0.1, 0.15) is 12.0 Å². The molecule has 146 valence electrons. The van der Waals surface area contributed by atoms with E-state index in [-0.39, 0.29) is 18.1 Å². The summed E-state index contributed by atoms with van der Waals surface area (Å²) in [6.07, 6.45) is 0.903. The van der Waals surface area contributed by atoms with Gasteiger partial charge in [0.25, 0.3) is 5.56 Å². The minimum absolute atomic E-state index is 0.0764. The third-order valence-corrected chi connectivity index (χ3v) is 4.51. The van der Waals surface area contributed by atoms with Crippen molar-refractivity contribution in [2.75, 3.05) is 44.9 Å². The fourth-order valence-electron chi connectivity index (χ4n) is 2.64. The number of aromatic nitrogens is 2. The lowest BCUT2D eigenvalue weighted by atomic mass is 10.2. The normalized spacial score (nSPS) is 10.8. The molecule has 0 saturated heterocycles. The number of nitrogens with zero attached hydrogens (tertiary/aromatic N) is 3. The Morgan fingerprint density at radius 1 is 1.22 bits per heavy atom. The van der Waals surface area contributed by atoms with Gasteiger partial charge in [0.2, 0.25) is 0 Å². The van der Waals surface area contributed by atoms with Crippen molar-refractivity contribution in [3.05, 3.63) is 56.7 Å². The fourth-order valence-corrected chi connectivity index (χ4v) is 2.83. The Bertz CT molecular complexity index is 891. The number of hydrogen-bond acceptors (Lipinski definition) is 5. The highest BCUT2D eigenvalue weighted by Gasteiger charge is 2.19. The molecule has 0 fully saturated rings. The summed E-state index contributed by atoms with van der Waals surface area (Å²) in [4.78, 5) is 30.5. The van der Waals surface area contributed by atoms with Gasteiger partial charge in [0.05, 0.1) is 6.54 Å². The molecule has 0 aliphatic heterocycles. The molecule has 4 N–H and O–H groups in total. The summed E-state index contributed by atoms with van der Waals surface area (Å²) in [5.74, 6) is 0.0764. The van der Waals surface area contributed by atoms with Crippen molar-refractivity contribution in [1.29, 1.82) is 0 Å². The lowest BCUT2D eigenvalue weighted by molar-refractivity contribution is 0.400. The summed E-state index contributed by atoms with van der Waals surface area (Å²) in [5, 5.41) is 3.48. The summed E-state index contributed by atoms with van der Waals surface area (Å²) < 4.78 is 1.33. The molecule has 0 spiro atoms. The van der Waals surface area contributed by atoms with Crippen molar-refractivity contribution >= 4 is 28.8 Å². The smallest absolute Gasteiger partial charge is 0.330 e. The van der Waals surface area contributed by atoms with Crippen molar-refractivity contribution in [2.45, 2.75) is 13.0 Å². The molecule has 2 rings (SSSR count). The van der Waals surface area contributed by atoms with Crippen LogP contribution in [0.15, 0.2) is 39.9 Å². The van der Waals surface area contributed by atoms with Crippen molar-refractivity contribution in [3.63, 3.8) is 0 Å². The van der Waals surface area contributed by atoms with Gasteiger partial charge in [0.1, 0.15) is 11.5 Å². The maximum atomic E-state index is 12.3. The van der Waals surface area contributed by atoms with Gasteiger partial charge in [-0.1, -0.05) is 30.3 Å². The molecule has 0 saturated carbocycles. The minimum Gasteiger partial charge on any atom is -0.383 e. The van der Waals surface area contributed by atoms with Crippen LogP contribution < -0.4 is 27.2 Å². The highest BCUT2D eigenvalue weighted by Crippen LogP contribution is 2.16. The van der Waals surface area contributed by atoms with Crippen molar-refractivity contribution in [2.24, 2.45) is 0 Å². The Balaban J connectivity index is 2.23. The predicted octanol–water partition coefficient (Wildman–Crippen LogP) is 0.430. The van der Waals surface area contributed by atoms with Crippen LogP contribution in [0.2, 0.25) is 0 Å². The van der Waals surface area contributed by atoms with Gasteiger partial charge in [-0.25, -0.2) is 4.79 Å². The molecule has 2 aromatic rings. The zero-order valence-electron chi connectivity index (χ0n) is 15.9. The number of nitrogens with one attached hydrogen (secondary N) is 2. The van der Waals surface area contributed by atoms with E-state index in [0.717, 1.165) is 18.5 Å². The molecule has 1 heterocycles. The van der Waals surface area contributed by atoms with Crippen molar-refractivity contribution < 1.29 is 0 Å². The van der Waals surface area contributed by atoms with Crippen molar-refractivity contribution in [1.82, 2.24) is 19.8 Å². The van der Waals surface area contributed by atoms with Gasteiger partial charge in [0, 0.05) is 13.6 Å². The molecule has 8 nitrogen and oxygen atoms in total. The third-order valence-electron chi connectivity index (χ3n) is 4.10. The van der Waals surface area contributed by atoms with Crippen LogP contribution in [0, 0.1) is 0 Å². The first-order valence-electron chi connectivity index (χ1n) is 8.64. The van der Waals surface area contributed by atoms with E-state index >= 15 is 0 Å². The van der Waals surface area contributed by atoms with E-state index in [1.165, 1.54) is 9.47 Å². The Hall–Kier alpha value is -2.65. The Morgan fingerprint density at radius 3 is 2.52 bits per heavy atom. The lowest BCUT2D eigenvalue weighted by Gasteiger charge is -2.23. The zero-order valence-corrected chi connectivity index (χ0v) is 16.7. The predicted molar refractivity (Wildman–Crippen MR) is 113 cm³/mol. The average Bonchev–Trinajstić information content (AvgIpc) is 2.62. The first-order valence-corrected chi connectivity index (χ1v) is 9.05. The van der Waals surface area contributed by atoms with Crippen LogP contribution in [-0.4, -0.2) is 53.8 Å². The third kappa shape index (κ3) is 5.41. The molecule has 9 heteroatoms. The number of rotatable bonds is 7. The summed E-state index contributed by atoms with van der Waals surface area (Å²) >= 11 is 5.37. The summed E-state index contributed by atoms with van der Waals surface area (Å²) in [5.41, 5.74) is 6.10. The van der Waals surface area contributed by atoms with Gasteiger partial charge in [-0.05, 0) is 44.8 Å². The highest BCUT2D eigenvalue weighted by atomic mass is 32.1. The number of benzene rings is 1. The molecule has 0 aliphatic carbocycles. The second kappa shape index (κ2) is 9.33. The van der Waals surface area contributed by atoms with Gasteiger partial charge in [0.15, 0.2) is 5.11 Å². The molecule has 0 unspecified atom stereocenters. The largest absolute Gasteiger partial charge is 0.383 e. The number of hydrogen-bond donors (Lipinski definition) is 3. The summed E-state index contributed by atoms with van der Waals surface area (Å²) in [7, 11) is 5.65. The van der Waals surface area contributed by atoms with Crippen LogP contribution in [0.3, 0.4) is 0 Å². The van der Waals surface area contributed by atoms with E-state index in [4.69, 9.17) is 18.0 Å². The van der Waals surface area contributed by atoms with Crippen LogP contribution in [-0.2, 0) is 6.54 Å². The Kier molecular flexibility index (Phi) is 7.14. The first-order chi connectivity index (χ1) is 12.8. The number of nitrogens with two attached hydrogens (primary N) is 1. The van der Waals surface area contributed by atoms with E-state index in [2.05, 4.69) is 15.2 Å². The molecular weight excluding hydrogens is 364 g/mol. The zero-order chi connectivity index (χ0) is 20.0. The summed E-state index contributed by atoms with van der Waals surface area (Å²) in [6.45, 7) is 1.85. The molecule has 1 aromatic carbocycles. The molecule has 1 aromatic heterocycles. The number of anilines is 2. The molecule has 0 amide bonds. The van der Waals surface area contributed by atoms with Gasteiger partial charge in [-0.2, -0.15) is 0 Å². The maximum Gasteiger partial charge on any atom is 0.330 e. The number of H-pyrrole nitrogens is 1. The van der Waals surface area contributed by atoms with Crippen LogP contribution >= 0.6 is 12.2 Å². The van der Waals surface area contributed by atoms with E-state index in [1.807, 2.05) is 44.4 Å². The number of aromatic amines is 1. The lowest BCUT2D eigenvalue weighted by Crippen LogP contribution is -2.43. The van der Waals surface area contributed by atoms with Gasteiger partial charge in [-0.15, -0.1) is 0 Å². The average molecular weight is 391 g/mol. The van der Waals surface area contributed by atoms with Gasteiger partial charge in [-0.3, -0.25) is 14.3 Å². The number of nitrogen functional groups attached to an aromatic ring is 1. The molecular formula is C18H26N6O2S. The molecule has 0 aliphatic rings. The van der Waals surface area contributed by atoms with E-state index in [1.54, 1.807) is 7.05 Å². The number of thiocarbonyl (C=S) groups is 1. The first kappa shape index (κ1) is 20.7. The second-order valence-corrected chi connectivity index (χ2v) is 6.90. The molecule has 27 heavy (non-hydrogen) atoms. The Morgan fingerprint density at radius 2 is 1.89 bits per heavy atom. The Labute approximate surface area is 163 Å². The topological polar surface area (TPSA) is 99.4 Å². The van der Waals surface area contributed by atoms with Crippen LogP contribution in [0.5, 0.6) is 0 Å². The van der Waals surface area contributed by atoms with E-state index < -0.39 is 11.2 Å². The monoisotopic (exact) mass is 390 g/mol. The van der Waals surface area contributed by atoms with Gasteiger partial charge >= 0.3 is 5.69 Å². The fraction of sp³-hybridized carbons (Fsp3) is 0.389. The SMILES string of the molecule is CN(C)CCCNC(=S)N(C)c1c(N)n(Cc2ccccc2)c(=O)[nH]c1=O. The van der Waals surface area contributed by atoms with E-state index in [9.17, 15) is 9.59 Å². The van der Waals surface area contributed by atoms with Crippen molar-refractivity contribution in [3.8, 4) is 0 Å². The minimum atomic E-state index is -0.568. The van der Waals surface area contributed by atoms with Crippen LogP contribution in [0.25, 0.3) is 0 Å². The molecule has 0 bridgehead atoms. The highest BCUT2D eigenvalue weighted by molar-refractivity contribution is 7.80. The maximum absolute atomic E-state index is 12.3. The quantitative estimate of drug-likeness (QED) is 0.466. The van der Waals surface area contributed by atoms with Crippen LogP contribution in [0.4, 0.5) is 11.5 Å². The standard InChI is InChI=1S/C18H26N6O2S/c1-22(2)11-7-10-20-18(27)23(3)14-15(19)24(17(26)21-16(14)25)12-13-8-5-4-6-9-13/h4-6,8-9H,7,10-12,19H2,1-3H3,(H,20,27)(H,21,25,26). The van der Waals surface area contributed by atoms with E-state index in [0.29, 0.717) is 11.7 Å². The van der Waals surface area contributed by atoms with Gasteiger partial charge < -0.3 is 20.9 Å².